The molecule has 0 radical (unpaired) electrons. The molecule has 1 aliphatic rings. The molecule has 1 aliphatic heterocycles. The van der Waals surface area contributed by atoms with E-state index in [1.807, 2.05) is 6.92 Å². The number of aromatic nitrogens is 1. The molecule has 0 unspecified atom stereocenters. The van der Waals surface area contributed by atoms with E-state index in [9.17, 15) is 14.0 Å². The van der Waals surface area contributed by atoms with Gasteiger partial charge in [-0.2, -0.15) is 0 Å². The summed E-state index contributed by atoms with van der Waals surface area (Å²) in [6.07, 6.45) is 3.20. The summed E-state index contributed by atoms with van der Waals surface area (Å²) in [5.74, 6) is -1.05. The number of fused-ring (bicyclic) bond motifs is 1. The normalized spacial score (nSPS) is 18.3. The van der Waals surface area contributed by atoms with Crippen molar-refractivity contribution in [3.8, 4) is 11.5 Å². The molecule has 8 heteroatoms. The second kappa shape index (κ2) is 7.84. The first-order valence-electron chi connectivity index (χ1n) is 9.01. The number of carbonyl (C=O) groups excluding carboxylic acids is 2. The number of carbonyl (C=O) groups is 2. The van der Waals surface area contributed by atoms with Gasteiger partial charge in [0.2, 0.25) is 0 Å². The van der Waals surface area contributed by atoms with Gasteiger partial charge in [0.1, 0.15) is 0 Å². The number of hydrogen-bond donors (Lipinski definition) is 1. The van der Waals surface area contributed by atoms with Gasteiger partial charge in [0.25, 0.3) is 17.4 Å². The Bertz CT molecular complexity index is 905. The van der Waals surface area contributed by atoms with Crippen molar-refractivity contribution in [2.24, 2.45) is 0 Å². The van der Waals surface area contributed by atoms with Crippen molar-refractivity contribution >= 4 is 23.3 Å². The fraction of sp³-hybridized carbons (Fsp3) is 0.350. The highest BCUT2D eigenvalue weighted by Gasteiger charge is 2.51. The van der Waals surface area contributed by atoms with Gasteiger partial charge in [0.05, 0.1) is 7.11 Å². The summed E-state index contributed by atoms with van der Waals surface area (Å²) in [6, 6.07) is 7.33. The van der Waals surface area contributed by atoms with E-state index in [1.165, 1.54) is 31.1 Å². The fourth-order valence-corrected chi connectivity index (χ4v) is 2.94. The summed E-state index contributed by atoms with van der Waals surface area (Å²) >= 11 is 0. The maximum absolute atomic E-state index is 13.9. The third-order valence-electron chi connectivity index (χ3n) is 4.55. The molecule has 3 rings (SSSR count). The molecule has 1 N–H and O–H groups in total. The van der Waals surface area contributed by atoms with E-state index in [-0.39, 0.29) is 11.4 Å². The Hall–Kier alpha value is -3.16. The molecular formula is C20H22FN3O4. The van der Waals surface area contributed by atoms with Crippen LogP contribution in [0.15, 0.2) is 36.5 Å². The van der Waals surface area contributed by atoms with Crippen LogP contribution in [0.25, 0.3) is 0 Å². The lowest BCUT2D eigenvalue weighted by Gasteiger charge is -2.38. The van der Waals surface area contributed by atoms with Gasteiger partial charge < -0.3 is 14.8 Å². The predicted octanol–water partition coefficient (Wildman–Crippen LogP) is 3.15. The number of benzene rings is 1. The van der Waals surface area contributed by atoms with E-state index >= 15 is 0 Å². The number of ether oxygens (including phenoxy) is 2. The molecule has 0 bridgehead atoms. The first kappa shape index (κ1) is 19.6. The lowest BCUT2D eigenvalue weighted by Crippen LogP contribution is -2.61. The Balaban J connectivity index is 1.90. The number of rotatable bonds is 6. The minimum atomic E-state index is -1.81. The molecule has 0 fully saturated rings. The van der Waals surface area contributed by atoms with Crippen LogP contribution in [0.1, 0.15) is 26.7 Å². The van der Waals surface area contributed by atoms with Gasteiger partial charge in [0.15, 0.2) is 23.1 Å². The van der Waals surface area contributed by atoms with E-state index in [4.69, 9.17) is 9.47 Å². The standard InChI is InChI=1S/C20H22FN3O4/c1-4-5-11-24-17-16(7-6-10-22-17)28-20(2,19(24)26)18(25)23-13-8-9-15(27-3)14(21)12-13/h6-10,12H,4-5,11H2,1-3H3,(H,23,25)/t20-/m0/s1. The Morgan fingerprint density at radius 2 is 2.18 bits per heavy atom. The highest BCUT2D eigenvalue weighted by molar-refractivity contribution is 6.19. The van der Waals surface area contributed by atoms with E-state index in [2.05, 4.69) is 10.3 Å². The topological polar surface area (TPSA) is 80.8 Å². The van der Waals surface area contributed by atoms with Crippen molar-refractivity contribution in [2.75, 3.05) is 23.9 Å². The number of methoxy groups -OCH3 is 1. The molecule has 2 heterocycles. The second-order valence-corrected chi connectivity index (χ2v) is 6.57. The van der Waals surface area contributed by atoms with Crippen LogP contribution in [0.4, 0.5) is 15.9 Å². The fourth-order valence-electron chi connectivity index (χ4n) is 2.94. The summed E-state index contributed by atoms with van der Waals surface area (Å²) in [6.45, 7) is 3.83. The van der Waals surface area contributed by atoms with Gasteiger partial charge in [-0.25, -0.2) is 9.37 Å². The molecule has 7 nitrogen and oxygen atoms in total. The van der Waals surface area contributed by atoms with Crippen LogP contribution >= 0.6 is 0 Å². The molecule has 1 atom stereocenters. The third kappa shape index (κ3) is 3.49. The van der Waals surface area contributed by atoms with Crippen molar-refractivity contribution in [3.63, 3.8) is 0 Å². The van der Waals surface area contributed by atoms with Crippen molar-refractivity contribution < 1.29 is 23.5 Å². The lowest BCUT2D eigenvalue weighted by atomic mass is 10.0. The number of nitrogens with zero attached hydrogens (tertiary/aromatic N) is 2. The van der Waals surface area contributed by atoms with Crippen LogP contribution in [0.5, 0.6) is 11.5 Å². The molecule has 0 spiro atoms. The van der Waals surface area contributed by atoms with E-state index in [1.54, 1.807) is 18.3 Å². The Labute approximate surface area is 162 Å². The molecule has 2 amide bonds. The average molecular weight is 387 g/mol. The van der Waals surface area contributed by atoms with Crippen molar-refractivity contribution in [1.82, 2.24) is 4.98 Å². The third-order valence-corrected chi connectivity index (χ3v) is 4.55. The van der Waals surface area contributed by atoms with Crippen LogP contribution in [-0.2, 0) is 9.59 Å². The number of unbranched alkanes of at least 4 members (excludes halogenated alkanes) is 1. The molecule has 0 saturated carbocycles. The quantitative estimate of drug-likeness (QED) is 0.770. The monoisotopic (exact) mass is 387 g/mol. The van der Waals surface area contributed by atoms with Gasteiger partial charge in [-0.1, -0.05) is 13.3 Å². The molecule has 0 saturated heterocycles. The number of amides is 2. The van der Waals surface area contributed by atoms with Crippen LogP contribution in [-0.4, -0.2) is 36.1 Å². The maximum Gasteiger partial charge on any atom is 0.282 e. The average Bonchev–Trinajstić information content (AvgIpc) is 2.68. The minimum Gasteiger partial charge on any atom is -0.494 e. The number of hydrogen-bond acceptors (Lipinski definition) is 5. The maximum atomic E-state index is 13.9. The summed E-state index contributed by atoms with van der Waals surface area (Å²) in [5.41, 5.74) is -1.61. The Morgan fingerprint density at radius 1 is 1.39 bits per heavy atom. The van der Waals surface area contributed by atoms with Gasteiger partial charge in [0, 0.05) is 24.5 Å². The molecule has 2 aromatic rings. The van der Waals surface area contributed by atoms with Crippen LogP contribution in [0.3, 0.4) is 0 Å². The molecule has 1 aromatic heterocycles. The smallest absolute Gasteiger partial charge is 0.282 e. The van der Waals surface area contributed by atoms with Crippen molar-refractivity contribution in [3.05, 3.63) is 42.3 Å². The van der Waals surface area contributed by atoms with Crippen LogP contribution in [0, 0.1) is 5.82 Å². The minimum absolute atomic E-state index is 0.0555. The van der Waals surface area contributed by atoms with Gasteiger partial charge in [-0.15, -0.1) is 0 Å². The van der Waals surface area contributed by atoms with E-state index in [0.717, 1.165) is 18.9 Å². The van der Waals surface area contributed by atoms with Gasteiger partial charge in [-0.05, 0) is 37.6 Å². The van der Waals surface area contributed by atoms with E-state index < -0.39 is 23.2 Å². The highest BCUT2D eigenvalue weighted by Crippen LogP contribution is 2.36. The molecule has 0 aliphatic carbocycles. The summed E-state index contributed by atoms with van der Waals surface area (Å²) < 4.78 is 24.6. The number of nitrogens with one attached hydrogen (secondary N) is 1. The summed E-state index contributed by atoms with van der Waals surface area (Å²) in [7, 11) is 1.35. The predicted molar refractivity (Wildman–Crippen MR) is 102 cm³/mol. The first-order valence-corrected chi connectivity index (χ1v) is 9.01. The molecule has 148 valence electrons. The zero-order valence-electron chi connectivity index (χ0n) is 16.0. The molecular weight excluding hydrogens is 365 g/mol. The summed E-state index contributed by atoms with van der Waals surface area (Å²) in [5, 5.41) is 2.55. The number of anilines is 2. The van der Waals surface area contributed by atoms with Crippen LogP contribution < -0.4 is 19.7 Å². The van der Waals surface area contributed by atoms with Crippen molar-refractivity contribution in [2.45, 2.75) is 32.3 Å². The zero-order chi connectivity index (χ0) is 20.3. The Kier molecular flexibility index (Phi) is 5.48. The van der Waals surface area contributed by atoms with Gasteiger partial charge in [-0.3, -0.25) is 14.5 Å². The highest BCUT2D eigenvalue weighted by atomic mass is 19.1. The van der Waals surface area contributed by atoms with E-state index in [0.29, 0.717) is 18.1 Å². The van der Waals surface area contributed by atoms with Crippen LogP contribution in [0.2, 0.25) is 0 Å². The van der Waals surface area contributed by atoms with Gasteiger partial charge >= 0.3 is 0 Å². The summed E-state index contributed by atoms with van der Waals surface area (Å²) in [4.78, 5) is 31.8. The van der Waals surface area contributed by atoms with Crippen molar-refractivity contribution in [1.29, 1.82) is 0 Å². The Morgan fingerprint density at radius 3 is 2.86 bits per heavy atom. The molecule has 28 heavy (non-hydrogen) atoms. The zero-order valence-corrected chi connectivity index (χ0v) is 16.0. The molecule has 1 aromatic carbocycles. The first-order chi connectivity index (χ1) is 13.4. The number of halogens is 1. The SMILES string of the molecule is CCCCN1C(=O)[C@](C)(C(=O)Nc2ccc(OC)c(F)c2)Oc2cccnc21. The largest absolute Gasteiger partial charge is 0.494 e. The number of pyridine rings is 1. The lowest BCUT2D eigenvalue weighted by molar-refractivity contribution is -0.145. The second-order valence-electron chi connectivity index (χ2n) is 6.57.